The third-order valence-corrected chi connectivity index (χ3v) is 5.54. The Balaban J connectivity index is 1.54. The van der Waals surface area contributed by atoms with Gasteiger partial charge in [-0.15, -0.1) is 0 Å². The van der Waals surface area contributed by atoms with Crippen molar-refractivity contribution in [2.45, 2.75) is 0 Å². The molecule has 5 aromatic rings. The van der Waals surface area contributed by atoms with E-state index in [1.165, 1.54) is 17.2 Å². The summed E-state index contributed by atoms with van der Waals surface area (Å²) in [5, 5.41) is 4.81. The molecular weight excluding hydrogens is 498 g/mol. The van der Waals surface area contributed by atoms with Crippen molar-refractivity contribution in [3.8, 4) is 17.3 Å². The number of rotatable bonds is 5. The summed E-state index contributed by atoms with van der Waals surface area (Å²) in [6.07, 6.45) is 2.95. The van der Waals surface area contributed by atoms with E-state index in [1.807, 2.05) is 6.07 Å². The number of halogens is 1. The minimum atomic E-state index is -0.505. The van der Waals surface area contributed by atoms with E-state index in [2.05, 4.69) is 26.0 Å². The molecule has 0 radical (unpaired) electrons. The van der Waals surface area contributed by atoms with E-state index in [0.717, 1.165) is 4.47 Å². The van der Waals surface area contributed by atoms with Gasteiger partial charge in [-0.05, 0) is 60.7 Å². The summed E-state index contributed by atoms with van der Waals surface area (Å²) in [5.41, 5.74) is 1.11. The highest BCUT2D eigenvalue weighted by Crippen LogP contribution is 2.21. The van der Waals surface area contributed by atoms with Crippen molar-refractivity contribution in [1.82, 2.24) is 9.66 Å². The van der Waals surface area contributed by atoms with Gasteiger partial charge in [-0.25, -0.2) is 9.78 Å². The first-order valence-corrected chi connectivity index (χ1v) is 11.1. The lowest BCUT2D eigenvalue weighted by Crippen LogP contribution is -2.20. The fourth-order valence-electron chi connectivity index (χ4n) is 3.34. The van der Waals surface area contributed by atoms with E-state index in [-0.39, 0.29) is 11.4 Å². The lowest BCUT2D eigenvalue weighted by atomic mass is 10.2. The Morgan fingerprint density at radius 2 is 1.74 bits per heavy atom. The predicted molar refractivity (Wildman–Crippen MR) is 132 cm³/mol. The molecule has 0 amide bonds. The van der Waals surface area contributed by atoms with Crippen molar-refractivity contribution >= 4 is 39.0 Å². The van der Waals surface area contributed by atoms with E-state index >= 15 is 0 Å². The predicted octanol–water partition coefficient (Wildman–Crippen LogP) is 5.52. The van der Waals surface area contributed by atoms with Crippen LogP contribution in [0.25, 0.3) is 22.5 Å². The molecule has 7 nitrogen and oxygen atoms in total. The first kappa shape index (κ1) is 21.5. The quantitative estimate of drug-likeness (QED) is 0.175. The van der Waals surface area contributed by atoms with E-state index < -0.39 is 5.97 Å². The Morgan fingerprint density at radius 3 is 2.53 bits per heavy atom. The van der Waals surface area contributed by atoms with E-state index in [0.29, 0.717) is 33.5 Å². The highest BCUT2D eigenvalue weighted by atomic mass is 79.9. The Morgan fingerprint density at radius 1 is 0.971 bits per heavy atom. The maximum Gasteiger partial charge on any atom is 0.343 e. The van der Waals surface area contributed by atoms with Gasteiger partial charge in [0.2, 0.25) is 5.82 Å². The molecule has 0 saturated heterocycles. The zero-order valence-electron chi connectivity index (χ0n) is 17.6. The molecule has 0 spiro atoms. The molecule has 0 N–H and O–H groups in total. The summed E-state index contributed by atoms with van der Waals surface area (Å²) < 4.78 is 13.1. The lowest BCUT2D eigenvalue weighted by Gasteiger charge is -2.09. The van der Waals surface area contributed by atoms with Crippen LogP contribution in [0.3, 0.4) is 0 Å². The number of fused-ring (bicyclic) bond motifs is 1. The van der Waals surface area contributed by atoms with Crippen LogP contribution in [-0.2, 0) is 0 Å². The van der Waals surface area contributed by atoms with Gasteiger partial charge in [0, 0.05) is 10.0 Å². The van der Waals surface area contributed by atoms with Crippen LogP contribution >= 0.6 is 15.9 Å². The number of hydrogen-bond acceptors (Lipinski definition) is 6. The van der Waals surface area contributed by atoms with Gasteiger partial charge in [-0.1, -0.05) is 40.2 Å². The number of aromatic nitrogens is 2. The highest BCUT2D eigenvalue weighted by molar-refractivity contribution is 9.10. The van der Waals surface area contributed by atoms with Gasteiger partial charge in [0.05, 0.1) is 28.9 Å². The number of hydrogen-bond donors (Lipinski definition) is 0. The van der Waals surface area contributed by atoms with Crippen LogP contribution < -0.4 is 10.3 Å². The number of para-hydroxylation sites is 2. The molecule has 0 atom stereocenters. The second kappa shape index (κ2) is 9.29. The summed E-state index contributed by atoms with van der Waals surface area (Å²) in [7, 11) is 0. The molecular formula is C26H16BrN3O4. The minimum absolute atomic E-state index is 0.259. The topological polar surface area (TPSA) is 86.7 Å². The van der Waals surface area contributed by atoms with Crippen molar-refractivity contribution < 1.29 is 13.9 Å². The molecule has 34 heavy (non-hydrogen) atoms. The first-order chi connectivity index (χ1) is 16.6. The molecule has 2 heterocycles. The third-order valence-electron chi connectivity index (χ3n) is 5.01. The standard InChI is InChI=1S/C26H16BrN3O4/c27-19-13-11-17(12-14-19)26(32)34-22-9-4-1-6-18(22)16-28-30-24(23-10-5-15-33-23)29-21-8-3-2-7-20(21)25(30)31/h1-16H. The van der Waals surface area contributed by atoms with Crippen molar-refractivity contribution in [1.29, 1.82) is 0 Å². The van der Waals surface area contributed by atoms with Gasteiger partial charge in [0.15, 0.2) is 5.76 Å². The summed E-state index contributed by atoms with van der Waals surface area (Å²) >= 11 is 3.35. The molecule has 0 aliphatic carbocycles. The van der Waals surface area contributed by atoms with Gasteiger partial charge in [0.25, 0.3) is 5.56 Å². The number of carbonyl (C=O) groups excluding carboxylic acids is 1. The fourth-order valence-corrected chi connectivity index (χ4v) is 3.61. The molecule has 0 aliphatic rings. The van der Waals surface area contributed by atoms with Crippen LogP contribution in [0, 0.1) is 0 Å². The van der Waals surface area contributed by atoms with Crippen LogP contribution in [0.2, 0.25) is 0 Å². The van der Waals surface area contributed by atoms with Gasteiger partial charge in [0.1, 0.15) is 5.75 Å². The Hall–Kier alpha value is -4.30. The van der Waals surface area contributed by atoms with E-state index in [4.69, 9.17) is 9.15 Å². The van der Waals surface area contributed by atoms with Crippen molar-refractivity contribution in [2.24, 2.45) is 5.10 Å². The second-order valence-electron chi connectivity index (χ2n) is 7.23. The monoisotopic (exact) mass is 513 g/mol. The van der Waals surface area contributed by atoms with Crippen LogP contribution in [0.15, 0.2) is 110 Å². The Bertz CT molecular complexity index is 1570. The number of furan rings is 1. The SMILES string of the molecule is O=C(Oc1ccccc1C=Nn1c(-c2ccco2)nc2ccccc2c1=O)c1ccc(Br)cc1. The Kier molecular flexibility index (Phi) is 5.88. The summed E-state index contributed by atoms with van der Waals surface area (Å²) in [5.74, 6) is 0.457. The molecule has 8 heteroatoms. The number of benzene rings is 3. The average molecular weight is 514 g/mol. The van der Waals surface area contributed by atoms with Gasteiger partial charge in [-0.3, -0.25) is 4.79 Å². The van der Waals surface area contributed by atoms with Gasteiger partial charge < -0.3 is 9.15 Å². The largest absolute Gasteiger partial charge is 0.461 e. The zero-order chi connectivity index (χ0) is 23.5. The molecule has 0 saturated carbocycles. The molecule has 0 fully saturated rings. The summed E-state index contributed by atoms with van der Waals surface area (Å²) in [6, 6.07) is 24.2. The maximum absolute atomic E-state index is 13.2. The molecule has 166 valence electrons. The summed E-state index contributed by atoms with van der Waals surface area (Å²) in [4.78, 5) is 30.4. The third kappa shape index (κ3) is 4.31. The van der Waals surface area contributed by atoms with Gasteiger partial charge in [-0.2, -0.15) is 9.78 Å². The highest BCUT2D eigenvalue weighted by Gasteiger charge is 2.15. The minimum Gasteiger partial charge on any atom is -0.461 e. The normalized spacial score (nSPS) is 11.2. The Labute approximate surface area is 202 Å². The van der Waals surface area contributed by atoms with E-state index in [1.54, 1.807) is 78.9 Å². The molecule has 5 rings (SSSR count). The number of nitrogens with zero attached hydrogens (tertiary/aromatic N) is 3. The molecule has 0 aliphatic heterocycles. The van der Waals surface area contributed by atoms with Crippen LogP contribution in [0.1, 0.15) is 15.9 Å². The number of esters is 1. The fraction of sp³-hybridized carbons (Fsp3) is 0. The lowest BCUT2D eigenvalue weighted by molar-refractivity contribution is 0.0734. The van der Waals surface area contributed by atoms with Crippen molar-refractivity contribution in [2.75, 3.05) is 0 Å². The summed E-state index contributed by atoms with van der Waals surface area (Å²) in [6.45, 7) is 0. The van der Waals surface area contributed by atoms with Crippen LogP contribution in [0.4, 0.5) is 0 Å². The smallest absolute Gasteiger partial charge is 0.343 e. The van der Waals surface area contributed by atoms with Crippen molar-refractivity contribution in [3.05, 3.63) is 117 Å². The molecule has 2 aromatic heterocycles. The van der Waals surface area contributed by atoms with E-state index in [9.17, 15) is 9.59 Å². The molecule has 0 unspecified atom stereocenters. The number of ether oxygens (including phenoxy) is 1. The maximum atomic E-state index is 13.2. The van der Waals surface area contributed by atoms with Crippen LogP contribution in [-0.4, -0.2) is 21.8 Å². The molecule has 3 aromatic carbocycles. The molecule has 0 bridgehead atoms. The first-order valence-electron chi connectivity index (χ1n) is 10.3. The average Bonchev–Trinajstić information content (AvgIpc) is 3.39. The van der Waals surface area contributed by atoms with Gasteiger partial charge >= 0.3 is 5.97 Å². The van der Waals surface area contributed by atoms with Crippen molar-refractivity contribution in [3.63, 3.8) is 0 Å². The number of carbonyl (C=O) groups is 1. The second-order valence-corrected chi connectivity index (χ2v) is 8.14. The van der Waals surface area contributed by atoms with Crippen LogP contribution in [0.5, 0.6) is 5.75 Å². The zero-order valence-corrected chi connectivity index (χ0v) is 19.2.